The highest BCUT2D eigenvalue weighted by atomic mass is 32.2. The molecule has 0 fully saturated rings. The van der Waals surface area contributed by atoms with Crippen LogP contribution in [0.5, 0.6) is 0 Å². The zero-order valence-electron chi connectivity index (χ0n) is 11.2. The van der Waals surface area contributed by atoms with E-state index >= 15 is 0 Å². The molecule has 0 aromatic heterocycles. The van der Waals surface area contributed by atoms with E-state index in [-0.39, 0.29) is 22.5 Å². The van der Waals surface area contributed by atoms with Crippen molar-refractivity contribution < 1.29 is 17.6 Å². The van der Waals surface area contributed by atoms with Crippen molar-refractivity contribution in [3.63, 3.8) is 0 Å². The second kappa shape index (κ2) is 6.39. The summed E-state index contributed by atoms with van der Waals surface area (Å²) in [4.78, 5) is 0.132. The molecule has 1 N–H and O–H groups in total. The molecule has 0 saturated heterocycles. The SMILES string of the molecule is Cc1ccc(NCc2ccc(SC(F)(F)F)cc2)c(F)c1. The van der Waals surface area contributed by atoms with Crippen LogP contribution in [0.25, 0.3) is 0 Å². The Kier molecular flexibility index (Phi) is 4.77. The van der Waals surface area contributed by atoms with E-state index in [2.05, 4.69) is 5.32 Å². The van der Waals surface area contributed by atoms with Gasteiger partial charge in [-0.15, -0.1) is 0 Å². The van der Waals surface area contributed by atoms with Gasteiger partial charge in [0, 0.05) is 11.4 Å². The molecule has 0 heterocycles. The number of nitrogens with one attached hydrogen (secondary N) is 1. The topological polar surface area (TPSA) is 12.0 Å². The first-order chi connectivity index (χ1) is 9.83. The van der Waals surface area contributed by atoms with Crippen molar-refractivity contribution in [1.82, 2.24) is 0 Å². The van der Waals surface area contributed by atoms with Crippen LogP contribution in [-0.4, -0.2) is 5.51 Å². The maximum absolute atomic E-state index is 13.6. The van der Waals surface area contributed by atoms with Crippen LogP contribution in [0.15, 0.2) is 47.4 Å². The smallest absolute Gasteiger partial charge is 0.379 e. The molecule has 0 unspecified atom stereocenters. The fraction of sp³-hybridized carbons (Fsp3) is 0.200. The van der Waals surface area contributed by atoms with Crippen LogP contribution in [0, 0.1) is 12.7 Å². The van der Waals surface area contributed by atoms with Crippen molar-refractivity contribution in [1.29, 1.82) is 0 Å². The number of hydrogen-bond donors (Lipinski definition) is 1. The molecule has 0 spiro atoms. The van der Waals surface area contributed by atoms with Gasteiger partial charge in [0.2, 0.25) is 0 Å². The molecular formula is C15H13F4NS. The third kappa shape index (κ3) is 4.97. The lowest BCUT2D eigenvalue weighted by atomic mass is 10.2. The Bertz CT molecular complexity index is 608. The maximum atomic E-state index is 13.6. The summed E-state index contributed by atoms with van der Waals surface area (Å²) in [5.41, 5.74) is -2.31. The first-order valence-corrected chi connectivity index (χ1v) is 7.00. The molecule has 1 nitrogen and oxygen atoms in total. The summed E-state index contributed by atoms with van der Waals surface area (Å²) >= 11 is -0.152. The average Bonchev–Trinajstić information content (AvgIpc) is 2.38. The number of hydrogen-bond acceptors (Lipinski definition) is 2. The monoisotopic (exact) mass is 315 g/mol. The summed E-state index contributed by atoms with van der Waals surface area (Å²) in [6.07, 6.45) is 0. The van der Waals surface area contributed by atoms with Crippen molar-refractivity contribution in [3.05, 3.63) is 59.4 Å². The lowest BCUT2D eigenvalue weighted by Crippen LogP contribution is -2.02. The first-order valence-electron chi connectivity index (χ1n) is 6.18. The van der Waals surface area contributed by atoms with Gasteiger partial charge in [0.1, 0.15) is 5.82 Å². The summed E-state index contributed by atoms with van der Waals surface area (Å²) in [7, 11) is 0. The van der Waals surface area contributed by atoms with Gasteiger partial charge in [-0.05, 0) is 54.1 Å². The first kappa shape index (κ1) is 15.7. The molecule has 2 aromatic rings. The largest absolute Gasteiger partial charge is 0.446 e. The Morgan fingerprint density at radius 3 is 2.29 bits per heavy atom. The van der Waals surface area contributed by atoms with Crippen LogP contribution in [-0.2, 0) is 6.54 Å². The summed E-state index contributed by atoms with van der Waals surface area (Å²) in [5, 5.41) is 2.92. The molecule has 0 bridgehead atoms. The number of alkyl halides is 3. The highest BCUT2D eigenvalue weighted by molar-refractivity contribution is 8.00. The molecule has 0 aliphatic rings. The third-order valence-corrected chi connectivity index (χ3v) is 3.50. The number of anilines is 1. The van der Waals surface area contributed by atoms with Crippen LogP contribution < -0.4 is 5.32 Å². The minimum absolute atomic E-state index is 0.132. The Morgan fingerprint density at radius 2 is 1.71 bits per heavy atom. The number of rotatable bonds is 4. The van der Waals surface area contributed by atoms with Gasteiger partial charge < -0.3 is 5.32 Å². The predicted octanol–water partition coefficient (Wildman–Crippen LogP) is 5.36. The Labute approximate surface area is 124 Å². The molecule has 0 saturated carbocycles. The van der Waals surface area contributed by atoms with E-state index in [1.54, 1.807) is 31.2 Å². The van der Waals surface area contributed by atoms with Crippen LogP contribution >= 0.6 is 11.8 Å². The maximum Gasteiger partial charge on any atom is 0.446 e. The fourth-order valence-corrected chi connectivity index (χ4v) is 2.31. The van der Waals surface area contributed by atoms with Gasteiger partial charge in [-0.2, -0.15) is 13.2 Å². The number of aryl methyl sites for hydroxylation is 1. The fourth-order valence-electron chi connectivity index (χ4n) is 1.77. The van der Waals surface area contributed by atoms with E-state index < -0.39 is 5.51 Å². The highest BCUT2D eigenvalue weighted by Crippen LogP contribution is 2.36. The normalized spacial score (nSPS) is 11.5. The molecule has 6 heteroatoms. The van der Waals surface area contributed by atoms with Crippen molar-refractivity contribution >= 4 is 17.4 Å². The molecule has 0 amide bonds. The molecule has 0 radical (unpaired) electrons. The van der Waals surface area contributed by atoms with Crippen molar-refractivity contribution in [3.8, 4) is 0 Å². The zero-order valence-corrected chi connectivity index (χ0v) is 12.0. The van der Waals surface area contributed by atoms with Crippen LogP contribution in [0.2, 0.25) is 0 Å². The quantitative estimate of drug-likeness (QED) is 0.602. The Morgan fingerprint density at radius 1 is 1.05 bits per heavy atom. The Balaban J connectivity index is 1.97. The van der Waals surface area contributed by atoms with E-state index in [4.69, 9.17) is 0 Å². The van der Waals surface area contributed by atoms with Gasteiger partial charge in [0.25, 0.3) is 0 Å². The summed E-state index contributed by atoms with van der Waals surface area (Å²) in [6, 6.07) is 10.8. The van der Waals surface area contributed by atoms with Gasteiger partial charge in [-0.1, -0.05) is 18.2 Å². The lowest BCUT2D eigenvalue weighted by Gasteiger charge is -2.09. The second-order valence-corrected chi connectivity index (χ2v) is 5.67. The standard InChI is InChI=1S/C15H13F4NS/c1-10-2-7-14(13(16)8-10)20-9-11-3-5-12(6-4-11)21-15(17,18)19/h2-8,20H,9H2,1H3. The third-order valence-electron chi connectivity index (χ3n) is 2.76. The zero-order chi connectivity index (χ0) is 15.5. The molecule has 112 valence electrons. The number of halogens is 4. The van der Waals surface area contributed by atoms with E-state index in [0.29, 0.717) is 12.2 Å². The van der Waals surface area contributed by atoms with E-state index in [1.807, 2.05) is 0 Å². The molecule has 0 aliphatic heterocycles. The summed E-state index contributed by atoms with van der Waals surface area (Å²) in [6.45, 7) is 2.14. The number of benzene rings is 2. The van der Waals surface area contributed by atoms with E-state index in [0.717, 1.165) is 11.1 Å². The highest BCUT2D eigenvalue weighted by Gasteiger charge is 2.28. The van der Waals surface area contributed by atoms with Gasteiger partial charge in [-0.25, -0.2) is 4.39 Å². The molecule has 2 rings (SSSR count). The molecule has 0 aliphatic carbocycles. The van der Waals surface area contributed by atoms with E-state index in [9.17, 15) is 17.6 Å². The van der Waals surface area contributed by atoms with Crippen molar-refractivity contribution in [2.45, 2.75) is 23.9 Å². The van der Waals surface area contributed by atoms with Crippen LogP contribution in [0.1, 0.15) is 11.1 Å². The Hall–Kier alpha value is -1.69. The number of thioether (sulfide) groups is 1. The predicted molar refractivity (Wildman–Crippen MR) is 76.8 cm³/mol. The summed E-state index contributed by atoms with van der Waals surface area (Å²) in [5.74, 6) is -0.348. The molecular weight excluding hydrogens is 302 g/mol. The lowest BCUT2D eigenvalue weighted by molar-refractivity contribution is -0.0328. The van der Waals surface area contributed by atoms with Crippen molar-refractivity contribution in [2.24, 2.45) is 0 Å². The molecule has 2 aromatic carbocycles. The van der Waals surface area contributed by atoms with Gasteiger partial charge in [-0.3, -0.25) is 0 Å². The minimum Gasteiger partial charge on any atom is -0.379 e. The molecule has 21 heavy (non-hydrogen) atoms. The average molecular weight is 315 g/mol. The second-order valence-electron chi connectivity index (χ2n) is 4.53. The van der Waals surface area contributed by atoms with Crippen LogP contribution in [0.3, 0.4) is 0 Å². The van der Waals surface area contributed by atoms with Gasteiger partial charge in [0.05, 0.1) is 5.69 Å². The van der Waals surface area contributed by atoms with Gasteiger partial charge >= 0.3 is 5.51 Å². The van der Waals surface area contributed by atoms with Gasteiger partial charge in [0.15, 0.2) is 0 Å². The minimum atomic E-state index is -4.29. The van der Waals surface area contributed by atoms with E-state index in [1.165, 1.54) is 18.2 Å². The van der Waals surface area contributed by atoms with Crippen molar-refractivity contribution in [2.75, 3.05) is 5.32 Å². The summed E-state index contributed by atoms with van der Waals surface area (Å²) < 4.78 is 50.2. The van der Waals surface area contributed by atoms with Crippen LogP contribution in [0.4, 0.5) is 23.2 Å². The molecule has 0 atom stereocenters.